The van der Waals surface area contributed by atoms with Crippen molar-refractivity contribution in [1.82, 2.24) is 9.13 Å². The number of nitrogens with one attached hydrogen (secondary N) is 1. The number of fused-ring (bicyclic) bond motifs is 1. The summed E-state index contributed by atoms with van der Waals surface area (Å²) in [5, 5.41) is 18.6. The van der Waals surface area contributed by atoms with Gasteiger partial charge in [0.05, 0.1) is 16.5 Å². The molecule has 2 aromatic heterocycles. The molecule has 0 amide bonds. The first-order valence-corrected chi connectivity index (χ1v) is 10.4. The summed E-state index contributed by atoms with van der Waals surface area (Å²) >= 11 is 0. The van der Waals surface area contributed by atoms with Crippen LogP contribution >= 0.6 is 0 Å². The third-order valence-corrected chi connectivity index (χ3v) is 5.68. The van der Waals surface area contributed by atoms with E-state index >= 15 is 0 Å². The number of hydrogen-bond acceptors (Lipinski definition) is 3. The molecular weight excluding hydrogens is 384 g/mol. The van der Waals surface area contributed by atoms with E-state index in [1.54, 1.807) is 15.2 Å². The lowest BCUT2D eigenvalue weighted by Gasteiger charge is -2.16. The van der Waals surface area contributed by atoms with Crippen molar-refractivity contribution in [3.05, 3.63) is 111 Å². The molecule has 0 saturated heterocycles. The van der Waals surface area contributed by atoms with E-state index in [4.69, 9.17) is 5.41 Å². The molecule has 2 aromatic carbocycles. The number of hydrogen-bond donors (Lipinski definition) is 1. The van der Waals surface area contributed by atoms with Crippen molar-refractivity contribution >= 4 is 10.9 Å². The fraction of sp³-hybridized carbons (Fsp3) is 0.192. The molecule has 0 spiro atoms. The number of pyridine rings is 2. The minimum absolute atomic E-state index is 0.115. The molecule has 0 bridgehead atoms. The van der Waals surface area contributed by atoms with Crippen molar-refractivity contribution in [3.63, 3.8) is 0 Å². The maximum absolute atomic E-state index is 13.4. The summed E-state index contributed by atoms with van der Waals surface area (Å²) in [7, 11) is 0. The van der Waals surface area contributed by atoms with Crippen LogP contribution in [0.2, 0.25) is 0 Å². The molecule has 4 rings (SSSR count). The monoisotopic (exact) mass is 408 g/mol. The second-order valence-corrected chi connectivity index (χ2v) is 7.68. The largest absolute Gasteiger partial charge is 0.325 e. The fourth-order valence-corrected chi connectivity index (χ4v) is 3.97. The van der Waals surface area contributed by atoms with E-state index in [2.05, 4.69) is 18.2 Å². The zero-order chi connectivity index (χ0) is 21.8. The van der Waals surface area contributed by atoms with Crippen molar-refractivity contribution in [2.24, 2.45) is 0 Å². The summed E-state index contributed by atoms with van der Waals surface area (Å²) in [5.41, 5.74) is 4.13. The third-order valence-electron chi connectivity index (χ3n) is 5.68. The number of aryl methyl sites for hydroxylation is 4. The van der Waals surface area contributed by atoms with Gasteiger partial charge in [0.1, 0.15) is 11.6 Å². The Bertz CT molecular complexity index is 1380. The van der Waals surface area contributed by atoms with Crippen molar-refractivity contribution in [2.75, 3.05) is 0 Å². The van der Waals surface area contributed by atoms with Crippen molar-refractivity contribution in [2.45, 2.75) is 32.9 Å². The van der Waals surface area contributed by atoms with Crippen LogP contribution in [0, 0.1) is 23.7 Å². The maximum Gasteiger partial charge on any atom is 0.260 e. The molecule has 0 fully saturated rings. The van der Waals surface area contributed by atoms with Crippen molar-refractivity contribution < 1.29 is 0 Å². The van der Waals surface area contributed by atoms with E-state index in [1.165, 1.54) is 5.56 Å². The number of nitrogens with zero attached hydrogens (tertiary/aromatic N) is 3. The van der Waals surface area contributed by atoms with E-state index in [9.17, 15) is 10.1 Å². The Labute approximate surface area is 181 Å². The van der Waals surface area contributed by atoms with E-state index in [-0.39, 0.29) is 16.6 Å². The first kappa shape index (κ1) is 20.4. The van der Waals surface area contributed by atoms with Crippen molar-refractivity contribution in [3.8, 4) is 6.07 Å². The summed E-state index contributed by atoms with van der Waals surface area (Å²) < 4.78 is 3.55. The molecule has 0 aliphatic heterocycles. The molecule has 31 heavy (non-hydrogen) atoms. The fourth-order valence-electron chi connectivity index (χ4n) is 3.97. The minimum atomic E-state index is -0.115. The van der Waals surface area contributed by atoms with Gasteiger partial charge in [-0.2, -0.15) is 5.26 Å². The molecule has 0 radical (unpaired) electrons. The highest BCUT2D eigenvalue weighted by Crippen LogP contribution is 2.14. The van der Waals surface area contributed by atoms with Gasteiger partial charge in [0.15, 0.2) is 0 Å². The molecule has 154 valence electrons. The predicted molar refractivity (Wildman–Crippen MR) is 122 cm³/mol. The summed E-state index contributed by atoms with van der Waals surface area (Å²) in [6.07, 6.45) is 1.47. The summed E-state index contributed by atoms with van der Waals surface area (Å²) in [5.74, 6) is 0. The van der Waals surface area contributed by atoms with Crippen LogP contribution < -0.4 is 11.0 Å². The van der Waals surface area contributed by atoms with Crippen LogP contribution in [0.1, 0.15) is 22.4 Å². The SMILES string of the molecule is Cc1cc2c(cc(C#N)c(=N)n2CCc2ccccc2)c(=O)n1CCc1ccccc1. The molecule has 0 saturated carbocycles. The summed E-state index contributed by atoms with van der Waals surface area (Å²) in [4.78, 5) is 13.4. The third kappa shape index (κ3) is 4.19. The average molecular weight is 409 g/mol. The van der Waals surface area contributed by atoms with E-state index in [0.29, 0.717) is 24.0 Å². The summed E-state index contributed by atoms with van der Waals surface area (Å²) in [6.45, 7) is 3.02. The Kier molecular flexibility index (Phi) is 5.81. The molecule has 0 atom stereocenters. The highest BCUT2D eigenvalue weighted by molar-refractivity contribution is 5.79. The molecule has 4 aromatic rings. The highest BCUT2D eigenvalue weighted by atomic mass is 16.1. The van der Waals surface area contributed by atoms with Crippen LogP contribution in [0.4, 0.5) is 0 Å². The molecule has 5 nitrogen and oxygen atoms in total. The summed E-state index contributed by atoms with van der Waals surface area (Å²) in [6, 6.07) is 25.7. The van der Waals surface area contributed by atoms with Gasteiger partial charge in [0, 0.05) is 18.8 Å². The molecule has 0 aliphatic rings. The van der Waals surface area contributed by atoms with Crippen LogP contribution in [-0.2, 0) is 25.9 Å². The number of nitriles is 1. The predicted octanol–water partition coefficient (Wildman–Crippen LogP) is 3.95. The maximum atomic E-state index is 13.4. The zero-order valence-electron chi connectivity index (χ0n) is 17.5. The molecule has 0 unspecified atom stereocenters. The van der Waals surface area contributed by atoms with Gasteiger partial charge in [-0.05, 0) is 43.0 Å². The Balaban J connectivity index is 1.77. The smallest absolute Gasteiger partial charge is 0.260 e. The van der Waals surface area contributed by atoms with Gasteiger partial charge in [0.25, 0.3) is 5.56 Å². The normalized spacial score (nSPS) is 10.8. The Morgan fingerprint density at radius 3 is 1.97 bits per heavy atom. The zero-order valence-corrected chi connectivity index (χ0v) is 17.5. The molecule has 2 heterocycles. The van der Waals surface area contributed by atoms with E-state index in [0.717, 1.165) is 24.1 Å². The molecule has 1 N–H and O–H groups in total. The second-order valence-electron chi connectivity index (χ2n) is 7.68. The second kappa shape index (κ2) is 8.85. The quantitative estimate of drug-likeness (QED) is 0.525. The number of aromatic nitrogens is 2. The van der Waals surface area contributed by atoms with Gasteiger partial charge < -0.3 is 9.13 Å². The highest BCUT2D eigenvalue weighted by Gasteiger charge is 2.13. The van der Waals surface area contributed by atoms with E-state index in [1.807, 2.05) is 61.5 Å². The molecule has 5 heteroatoms. The van der Waals surface area contributed by atoms with Crippen molar-refractivity contribution in [1.29, 1.82) is 10.7 Å². The standard InChI is InChI=1S/C26H24N4O/c1-19-16-24-23(26(31)29(19)14-12-20-8-4-2-5-9-20)17-22(18-27)25(28)30(24)15-13-21-10-6-3-7-11-21/h2-11,16-17,28H,12-15H2,1H3. The lowest BCUT2D eigenvalue weighted by atomic mass is 10.1. The van der Waals surface area contributed by atoms with Gasteiger partial charge in [-0.3, -0.25) is 10.2 Å². The first-order valence-electron chi connectivity index (χ1n) is 10.4. The van der Waals surface area contributed by atoms with Gasteiger partial charge in [-0.15, -0.1) is 0 Å². The first-order chi connectivity index (χ1) is 15.1. The van der Waals surface area contributed by atoms with Gasteiger partial charge in [0.2, 0.25) is 0 Å². The molecular formula is C26H24N4O. The van der Waals surface area contributed by atoms with Crippen LogP contribution in [0.15, 0.2) is 77.6 Å². The van der Waals surface area contributed by atoms with Crippen LogP contribution in [0.5, 0.6) is 0 Å². The van der Waals surface area contributed by atoms with Crippen LogP contribution in [0.25, 0.3) is 10.9 Å². The Hall–Kier alpha value is -3.91. The topological polar surface area (TPSA) is 74.6 Å². The van der Waals surface area contributed by atoms with E-state index < -0.39 is 0 Å². The van der Waals surface area contributed by atoms with Gasteiger partial charge in [-0.1, -0.05) is 60.7 Å². The lowest BCUT2D eigenvalue weighted by Crippen LogP contribution is -2.29. The number of benzene rings is 2. The lowest BCUT2D eigenvalue weighted by molar-refractivity contribution is 0.645. The van der Waals surface area contributed by atoms with Gasteiger partial charge in [-0.25, -0.2) is 0 Å². The van der Waals surface area contributed by atoms with Crippen LogP contribution in [-0.4, -0.2) is 9.13 Å². The Morgan fingerprint density at radius 1 is 0.871 bits per heavy atom. The van der Waals surface area contributed by atoms with Crippen LogP contribution in [0.3, 0.4) is 0 Å². The minimum Gasteiger partial charge on any atom is -0.325 e. The Morgan fingerprint density at radius 2 is 1.42 bits per heavy atom. The number of rotatable bonds is 6. The van der Waals surface area contributed by atoms with Gasteiger partial charge >= 0.3 is 0 Å². The molecule has 0 aliphatic carbocycles. The average Bonchev–Trinajstić information content (AvgIpc) is 2.79.